The van der Waals surface area contributed by atoms with Gasteiger partial charge in [-0.3, -0.25) is 9.69 Å². The van der Waals surface area contributed by atoms with Crippen LogP contribution in [0, 0.1) is 5.82 Å². The van der Waals surface area contributed by atoms with Gasteiger partial charge in [0.05, 0.1) is 12.1 Å². The van der Waals surface area contributed by atoms with E-state index in [9.17, 15) is 14.0 Å². The number of piperazine rings is 1. The van der Waals surface area contributed by atoms with Crippen molar-refractivity contribution in [2.45, 2.75) is 81.9 Å². The van der Waals surface area contributed by atoms with E-state index in [1.807, 2.05) is 27.7 Å². The fourth-order valence-corrected chi connectivity index (χ4v) is 5.23. The molecule has 0 unspecified atom stereocenters. The summed E-state index contributed by atoms with van der Waals surface area (Å²) in [5.74, 6) is -0.954. The van der Waals surface area contributed by atoms with Crippen molar-refractivity contribution >= 4 is 40.4 Å². The summed E-state index contributed by atoms with van der Waals surface area (Å²) in [4.78, 5) is 38.3. The lowest BCUT2D eigenvalue weighted by molar-refractivity contribution is -0.00698. The maximum Gasteiger partial charge on any atom is 0.410 e. The molecule has 1 amide bonds. The molecule has 2 fully saturated rings. The van der Waals surface area contributed by atoms with Crippen LogP contribution in [0.5, 0.6) is 5.88 Å². The van der Waals surface area contributed by atoms with Crippen molar-refractivity contribution in [3.63, 3.8) is 0 Å². The Morgan fingerprint density at radius 2 is 2.09 bits per heavy atom. The highest BCUT2D eigenvalue weighted by molar-refractivity contribution is 7.98. The number of hydrogen-bond acceptors (Lipinski definition) is 8. The normalized spacial score (nSPS) is 23.3. The first-order chi connectivity index (χ1) is 16.0. The van der Waals surface area contributed by atoms with E-state index in [4.69, 9.17) is 21.1 Å². The van der Waals surface area contributed by atoms with Crippen LogP contribution in [0.1, 0.15) is 47.0 Å². The fraction of sp³-hybridized carbons (Fsp3) is 0.636. The SMILES string of the molecule is CC[C@H](Oc1nc(Cl)c(F)c2nc(SC)[nH]c(=O)c12)[C@H]1NC[C@@H]2CC[C@@H]1N2C(=O)OC(C)(C)C. The molecule has 4 atom stereocenters. The molecule has 2 aromatic heterocycles. The number of pyridine rings is 1. The highest BCUT2D eigenvalue weighted by Crippen LogP contribution is 2.35. The summed E-state index contributed by atoms with van der Waals surface area (Å²) < 4.78 is 26.6. The molecule has 2 aliphatic heterocycles. The molecule has 2 N–H and O–H groups in total. The van der Waals surface area contributed by atoms with Crippen molar-refractivity contribution in [1.82, 2.24) is 25.2 Å². The zero-order valence-electron chi connectivity index (χ0n) is 19.8. The lowest BCUT2D eigenvalue weighted by Crippen LogP contribution is -2.64. The molecule has 2 aliphatic rings. The van der Waals surface area contributed by atoms with E-state index in [1.165, 1.54) is 11.8 Å². The molecule has 2 saturated heterocycles. The number of aromatic amines is 1. The second-order valence-electron chi connectivity index (χ2n) is 9.51. The number of nitrogens with one attached hydrogen (secondary N) is 2. The number of H-pyrrole nitrogens is 1. The average molecular weight is 514 g/mol. The number of amides is 1. The number of halogens is 2. The third-order valence-corrected chi connectivity index (χ3v) is 6.94. The summed E-state index contributed by atoms with van der Waals surface area (Å²) >= 11 is 7.21. The number of fused-ring (bicyclic) bond motifs is 3. The van der Waals surface area contributed by atoms with Gasteiger partial charge in [0.25, 0.3) is 5.56 Å². The molecule has 0 spiro atoms. The van der Waals surface area contributed by atoms with Gasteiger partial charge in [-0.1, -0.05) is 30.3 Å². The van der Waals surface area contributed by atoms with Crippen molar-refractivity contribution in [2.24, 2.45) is 0 Å². The Bertz CT molecular complexity index is 1160. The number of rotatable bonds is 5. The van der Waals surface area contributed by atoms with Gasteiger partial charge in [-0.25, -0.2) is 14.2 Å². The minimum absolute atomic E-state index is 0.0461. The Balaban J connectivity index is 1.67. The van der Waals surface area contributed by atoms with Crippen LogP contribution < -0.4 is 15.6 Å². The van der Waals surface area contributed by atoms with E-state index >= 15 is 0 Å². The molecule has 4 rings (SSSR count). The van der Waals surface area contributed by atoms with Crippen LogP contribution >= 0.6 is 23.4 Å². The minimum atomic E-state index is -0.871. The Labute approximate surface area is 206 Å². The molecule has 0 aromatic carbocycles. The van der Waals surface area contributed by atoms with Gasteiger partial charge in [0.15, 0.2) is 16.1 Å². The lowest BCUT2D eigenvalue weighted by Gasteiger charge is -2.43. The van der Waals surface area contributed by atoms with Crippen LogP contribution in [0.2, 0.25) is 5.15 Å². The maximum absolute atomic E-state index is 14.7. The molecule has 9 nitrogen and oxygen atoms in total. The fourth-order valence-electron chi connectivity index (χ4n) is 4.69. The largest absolute Gasteiger partial charge is 0.472 e. The lowest BCUT2D eigenvalue weighted by atomic mass is 9.97. The average Bonchev–Trinajstić information content (AvgIpc) is 3.07. The van der Waals surface area contributed by atoms with E-state index in [1.54, 1.807) is 11.2 Å². The standard InChI is InChI=1S/C22H29ClFN5O4S/c1-6-12(15-11-8-7-10(9-25-15)29(11)21(31)33-22(2,3)4)32-19-13-16(14(24)17(23)27-19)26-20(34-5)28-18(13)30/h10-12,15,25H,6-9H2,1-5H3,(H,26,28,30)/t10-,11-,12-,15-/m0/s1. The monoisotopic (exact) mass is 513 g/mol. The van der Waals surface area contributed by atoms with Crippen LogP contribution in [0.3, 0.4) is 0 Å². The van der Waals surface area contributed by atoms with Crippen molar-refractivity contribution in [2.75, 3.05) is 12.8 Å². The second kappa shape index (κ2) is 9.50. The Hall–Kier alpha value is -2.11. The van der Waals surface area contributed by atoms with Crippen molar-refractivity contribution in [1.29, 1.82) is 0 Å². The zero-order valence-corrected chi connectivity index (χ0v) is 21.3. The smallest absolute Gasteiger partial charge is 0.410 e. The Morgan fingerprint density at radius 3 is 2.74 bits per heavy atom. The predicted octanol–water partition coefficient (Wildman–Crippen LogP) is 3.73. The highest BCUT2D eigenvalue weighted by atomic mass is 35.5. The highest BCUT2D eigenvalue weighted by Gasteiger charge is 2.49. The summed E-state index contributed by atoms with van der Waals surface area (Å²) in [5.41, 5.74) is -1.35. The van der Waals surface area contributed by atoms with Crippen LogP contribution in [-0.2, 0) is 4.74 Å². The van der Waals surface area contributed by atoms with Crippen LogP contribution in [0.25, 0.3) is 10.9 Å². The van der Waals surface area contributed by atoms with Gasteiger partial charge in [-0.15, -0.1) is 0 Å². The number of carbonyl (C=O) groups is 1. The summed E-state index contributed by atoms with van der Waals surface area (Å²) in [6, 6.07) is -0.348. The first kappa shape index (κ1) is 25.0. The van der Waals surface area contributed by atoms with Gasteiger partial charge in [0.1, 0.15) is 22.6 Å². The number of thioether (sulfide) groups is 1. The predicted molar refractivity (Wildman–Crippen MR) is 128 cm³/mol. The van der Waals surface area contributed by atoms with Crippen LogP contribution in [-0.4, -0.2) is 68.6 Å². The molecule has 0 radical (unpaired) electrons. The van der Waals surface area contributed by atoms with Crippen molar-refractivity contribution in [3.8, 4) is 5.88 Å². The maximum atomic E-state index is 14.7. The minimum Gasteiger partial charge on any atom is -0.472 e. The first-order valence-electron chi connectivity index (χ1n) is 11.3. The second-order valence-corrected chi connectivity index (χ2v) is 10.7. The summed E-state index contributed by atoms with van der Waals surface area (Å²) in [7, 11) is 0. The first-order valence-corrected chi connectivity index (χ1v) is 12.9. The number of ether oxygens (including phenoxy) is 2. The van der Waals surface area contributed by atoms with Gasteiger partial charge in [-0.05, 0) is 46.3 Å². The Kier molecular flexibility index (Phi) is 6.99. The quantitative estimate of drug-likeness (QED) is 0.353. The van der Waals surface area contributed by atoms with E-state index in [2.05, 4.69) is 20.3 Å². The molecule has 0 aliphatic carbocycles. The van der Waals surface area contributed by atoms with Crippen LogP contribution in [0.4, 0.5) is 9.18 Å². The molecular weight excluding hydrogens is 485 g/mol. The molecule has 4 heterocycles. The third-order valence-electron chi connectivity index (χ3n) is 6.11. The molecule has 0 saturated carbocycles. The summed E-state index contributed by atoms with van der Waals surface area (Å²) in [6.07, 6.45) is 3.10. The van der Waals surface area contributed by atoms with Crippen LogP contribution in [0.15, 0.2) is 9.95 Å². The van der Waals surface area contributed by atoms with E-state index < -0.39 is 28.2 Å². The van der Waals surface area contributed by atoms with E-state index in [0.29, 0.717) is 13.0 Å². The summed E-state index contributed by atoms with van der Waals surface area (Å²) in [6.45, 7) is 8.05. The molecule has 2 aromatic rings. The number of carbonyl (C=O) groups excluding carboxylic acids is 1. The molecular formula is C22H29ClFN5O4S. The number of hydrogen-bond donors (Lipinski definition) is 2. The van der Waals surface area contributed by atoms with Crippen molar-refractivity contribution < 1.29 is 18.7 Å². The van der Waals surface area contributed by atoms with Gasteiger partial charge in [0, 0.05) is 12.6 Å². The zero-order chi connectivity index (χ0) is 24.8. The third kappa shape index (κ3) is 4.70. The molecule has 12 heteroatoms. The van der Waals surface area contributed by atoms with Crippen molar-refractivity contribution in [3.05, 3.63) is 21.3 Å². The van der Waals surface area contributed by atoms with Gasteiger partial charge in [0.2, 0.25) is 5.88 Å². The number of aromatic nitrogens is 3. The van der Waals surface area contributed by atoms with E-state index in [-0.39, 0.29) is 46.2 Å². The van der Waals surface area contributed by atoms with Gasteiger partial charge < -0.3 is 19.8 Å². The van der Waals surface area contributed by atoms with Gasteiger partial charge in [-0.2, -0.15) is 4.98 Å². The number of nitrogens with zero attached hydrogens (tertiary/aromatic N) is 3. The molecule has 2 bridgehead atoms. The molecule has 186 valence electrons. The van der Waals surface area contributed by atoms with Gasteiger partial charge >= 0.3 is 6.09 Å². The van der Waals surface area contributed by atoms with E-state index in [0.717, 1.165) is 12.8 Å². The Morgan fingerprint density at radius 1 is 1.35 bits per heavy atom. The topological polar surface area (TPSA) is 109 Å². The molecule has 34 heavy (non-hydrogen) atoms. The summed E-state index contributed by atoms with van der Waals surface area (Å²) in [5, 5.41) is 3.24.